The molecule has 0 unspecified atom stereocenters. The number of amides is 1. The molecule has 120 valence electrons. The first kappa shape index (κ1) is 16.8. The van der Waals surface area contributed by atoms with E-state index in [1.807, 2.05) is 6.07 Å². The van der Waals surface area contributed by atoms with E-state index in [2.05, 4.69) is 5.32 Å². The van der Waals surface area contributed by atoms with Crippen LogP contribution in [0.4, 0.5) is 5.69 Å². The van der Waals surface area contributed by atoms with Crippen LogP contribution in [-0.4, -0.2) is 11.9 Å². The summed E-state index contributed by atoms with van der Waals surface area (Å²) in [6, 6.07) is 12.1. The Morgan fingerprint density at radius 3 is 2.52 bits per heavy atom. The van der Waals surface area contributed by atoms with Crippen LogP contribution in [0.25, 0.3) is 0 Å². The van der Waals surface area contributed by atoms with Crippen LogP contribution in [0.2, 0.25) is 5.02 Å². The highest BCUT2D eigenvalue weighted by atomic mass is 35.5. The lowest BCUT2D eigenvalue weighted by atomic mass is 10.2. The number of rotatable bonds is 5. The Labute approximate surface area is 139 Å². The average Bonchev–Trinajstić information content (AvgIpc) is 2.48. The molecule has 0 aromatic heterocycles. The molecule has 0 spiro atoms. The van der Waals surface area contributed by atoms with Crippen LogP contribution in [-0.2, 0) is 20.9 Å². The van der Waals surface area contributed by atoms with Gasteiger partial charge in [-0.3, -0.25) is 9.59 Å². The first-order valence-corrected chi connectivity index (χ1v) is 7.30. The normalized spacial score (nSPS) is 10.0. The van der Waals surface area contributed by atoms with E-state index in [9.17, 15) is 9.59 Å². The molecule has 5 nitrogen and oxygen atoms in total. The summed E-state index contributed by atoms with van der Waals surface area (Å²) in [6.45, 7) is 2.85. The van der Waals surface area contributed by atoms with E-state index < -0.39 is 0 Å². The highest BCUT2D eigenvalue weighted by molar-refractivity contribution is 6.31. The molecule has 0 aliphatic carbocycles. The van der Waals surface area contributed by atoms with Crippen LogP contribution in [0, 0.1) is 0 Å². The fraction of sp³-hybridized carbons (Fsp3) is 0.176. The minimum Gasteiger partial charge on any atom is -0.461 e. The van der Waals surface area contributed by atoms with Gasteiger partial charge in [-0.05, 0) is 24.3 Å². The number of benzene rings is 2. The summed E-state index contributed by atoms with van der Waals surface area (Å²) in [7, 11) is 0. The van der Waals surface area contributed by atoms with Gasteiger partial charge < -0.3 is 14.8 Å². The second-order valence-corrected chi connectivity index (χ2v) is 5.25. The van der Waals surface area contributed by atoms with Gasteiger partial charge in [-0.1, -0.05) is 29.8 Å². The molecule has 2 aromatic rings. The lowest BCUT2D eigenvalue weighted by Crippen LogP contribution is -2.07. The fourth-order valence-electron chi connectivity index (χ4n) is 1.90. The average molecular weight is 334 g/mol. The van der Waals surface area contributed by atoms with Crippen molar-refractivity contribution in [2.75, 3.05) is 5.32 Å². The molecular weight excluding hydrogens is 318 g/mol. The van der Waals surface area contributed by atoms with Gasteiger partial charge in [0.05, 0.1) is 5.69 Å². The van der Waals surface area contributed by atoms with Crippen molar-refractivity contribution in [3.8, 4) is 11.5 Å². The molecular formula is C17H16ClNO4. The van der Waals surface area contributed by atoms with Gasteiger partial charge in [-0.15, -0.1) is 0 Å². The van der Waals surface area contributed by atoms with Crippen LogP contribution < -0.4 is 10.1 Å². The molecule has 1 amide bonds. The number of para-hydroxylation sites is 1. The molecule has 0 saturated carbocycles. The molecule has 0 heterocycles. The molecule has 0 atom stereocenters. The Morgan fingerprint density at radius 2 is 1.83 bits per heavy atom. The van der Waals surface area contributed by atoms with Gasteiger partial charge in [0.2, 0.25) is 5.91 Å². The van der Waals surface area contributed by atoms with Gasteiger partial charge in [-0.2, -0.15) is 0 Å². The minimum atomic E-state index is -0.370. The number of anilines is 1. The number of esters is 1. The van der Waals surface area contributed by atoms with Gasteiger partial charge in [0.15, 0.2) is 5.75 Å². The Morgan fingerprint density at radius 1 is 1.09 bits per heavy atom. The molecule has 0 saturated heterocycles. The Hall–Kier alpha value is -2.53. The van der Waals surface area contributed by atoms with E-state index in [1.165, 1.54) is 13.8 Å². The van der Waals surface area contributed by atoms with Crippen molar-refractivity contribution in [3.63, 3.8) is 0 Å². The topological polar surface area (TPSA) is 64.6 Å². The van der Waals surface area contributed by atoms with Gasteiger partial charge in [0, 0.05) is 24.4 Å². The molecule has 0 fully saturated rings. The summed E-state index contributed by atoms with van der Waals surface area (Å²) in [4.78, 5) is 22.3. The van der Waals surface area contributed by atoms with Crippen molar-refractivity contribution >= 4 is 29.2 Å². The van der Waals surface area contributed by atoms with Crippen molar-refractivity contribution in [2.45, 2.75) is 20.5 Å². The molecule has 0 bridgehead atoms. The van der Waals surface area contributed by atoms with Crippen LogP contribution in [0.5, 0.6) is 11.5 Å². The molecule has 1 N–H and O–H groups in total. The van der Waals surface area contributed by atoms with Crippen LogP contribution in [0.15, 0.2) is 42.5 Å². The fourth-order valence-corrected chi connectivity index (χ4v) is 2.07. The molecule has 0 aliphatic rings. The zero-order valence-corrected chi connectivity index (χ0v) is 13.5. The highest BCUT2D eigenvalue weighted by Crippen LogP contribution is 2.33. The quantitative estimate of drug-likeness (QED) is 0.835. The van der Waals surface area contributed by atoms with Gasteiger partial charge in [-0.25, -0.2) is 0 Å². The molecule has 2 rings (SSSR count). The Bertz CT molecular complexity index is 730. The van der Waals surface area contributed by atoms with E-state index in [0.29, 0.717) is 27.8 Å². The van der Waals surface area contributed by atoms with Crippen molar-refractivity contribution in [1.29, 1.82) is 0 Å². The van der Waals surface area contributed by atoms with E-state index in [1.54, 1.807) is 36.4 Å². The summed E-state index contributed by atoms with van der Waals surface area (Å²) in [5.74, 6) is 0.373. The second kappa shape index (κ2) is 7.65. The smallest absolute Gasteiger partial charge is 0.302 e. The van der Waals surface area contributed by atoms with Crippen molar-refractivity contribution in [2.24, 2.45) is 0 Å². The van der Waals surface area contributed by atoms with Crippen LogP contribution in [0.1, 0.15) is 19.4 Å². The monoisotopic (exact) mass is 333 g/mol. The highest BCUT2D eigenvalue weighted by Gasteiger charge is 2.11. The van der Waals surface area contributed by atoms with E-state index in [4.69, 9.17) is 21.1 Å². The number of nitrogens with one attached hydrogen (secondary N) is 1. The largest absolute Gasteiger partial charge is 0.461 e. The summed E-state index contributed by atoms with van der Waals surface area (Å²) < 4.78 is 10.9. The number of carbonyl (C=O) groups is 2. The van der Waals surface area contributed by atoms with Gasteiger partial charge >= 0.3 is 5.97 Å². The summed E-state index contributed by atoms with van der Waals surface area (Å²) in [5.41, 5.74) is 1.18. The summed E-state index contributed by atoms with van der Waals surface area (Å²) in [5, 5.41) is 3.15. The third-order valence-electron chi connectivity index (χ3n) is 2.88. The second-order valence-electron chi connectivity index (χ2n) is 4.81. The minimum absolute atomic E-state index is 0.106. The van der Waals surface area contributed by atoms with E-state index >= 15 is 0 Å². The van der Waals surface area contributed by atoms with E-state index in [0.717, 1.165) is 0 Å². The van der Waals surface area contributed by atoms with Gasteiger partial charge in [0.1, 0.15) is 12.4 Å². The molecule has 23 heavy (non-hydrogen) atoms. The van der Waals surface area contributed by atoms with Crippen molar-refractivity contribution in [3.05, 3.63) is 53.1 Å². The summed E-state index contributed by atoms with van der Waals surface area (Å²) >= 11 is 5.95. The first-order chi connectivity index (χ1) is 11.0. The number of carbonyl (C=O) groups excluding carboxylic acids is 2. The lowest BCUT2D eigenvalue weighted by molar-refractivity contribution is -0.142. The zero-order valence-electron chi connectivity index (χ0n) is 12.8. The third-order valence-corrected chi connectivity index (χ3v) is 3.11. The predicted octanol–water partition coefficient (Wildman–Crippen LogP) is 4.15. The maximum Gasteiger partial charge on any atom is 0.302 e. The number of halogens is 1. The van der Waals surface area contributed by atoms with Crippen LogP contribution in [0.3, 0.4) is 0 Å². The predicted molar refractivity (Wildman–Crippen MR) is 87.7 cm³/mol. The number of hydrogen-bond acceptors (Lipinski definition) is 4. The molecule has 6 heteroatoms. The standard InChI is InChI=1S/C17H16ClNO4/c1-11(20)19-15-9-14(18)7-8-17(15)23-16-6-4-3-5-13(16)10-22-12(2)21/h3-9H,10H2,1-2H3,(H,19,20). The lowest BCUT2D eigenvalue weighted by Gasteiger charge is -2.14. The Kier molecular flexibility index (Phi) is 5.60. The number of hydrogen-bond donors (Lipinski definition) is 1. The Balaban J connectivity index is 2.28. The van der Waals surface area contributed by atoms with Crippen molar-refractivity contribution in [1.82, 2.24) is 0 Å². The summed E-state index contributed by atoms with van der Waals surface area (Å²) in [6.07, 6.45) is 0. The van der Waals surface area contributed by atoms with Crippen LogP contribution >= 0.6 is 11.6 Å². The maximum absolute atomic E-state index is 11.3. The third kappa shape index (κ3) is 5.00. The van der Waals surface area contributed by atoms with Crippen molar-refractivity contribution < 1.29 is 19.1 Å². The van der Waals surface area contributed by atoms with Gasteiger partial charge in [0.25, 0.3) is 0 Å². The maximum atomic E-state index is 11.3. The molecule has 0 aliphatic heterocycles. The van der Waals surface area contributed by atoms with E-state index in [-0.39, 0.29) is 18.5 Å². The zero-order chi connectivity index (χ0) is 16.8. The molecule has 0 radical (unpaired) electrons. The first-order valence-electron chi connectivity index (χ1n) is 6.92. The number of ether oxygens (including phenoxy) is 2. The molecule has 2 aromatic carbocycles. The SMILES string of the molecule is CC(=O)Nc1cc(Cl)ccc1Oc1ccccc1COC(C)=O.